The zero-order chi connectivity index (χ0) is 23.1. The van der Waals surface area contributed by atoms with Gasteiger partial charge in [-0.2, -0.15) is 8.42 Å². The van der Waals surface area contributed by atoms with Gasteiger partial charge in [0.2, 0.25) is 0 Å². The lowest BCUT2D eigenvalue weighted by molar-refractivity contribution is -0.204. The second-order valence-electron chi connectivity index (χ2n) is 8.64. The maximum Gasteiger partial charge on any atom is 0.297 e. The van der Waals surface area contributed by atoms with Crippen LogP contribution in [0.25, 0.3) is 0 Å². The first kappa shape index (κ1) is 23.3. The molecule has 1 saturated carbocycles. The Morgan fingerprint density at radius 1 is 0.906 bits per heavy atom. The fraction of sp³-hybridized carbons (Fsp3) is 0.478. The van der Waals surface area contributed by atoms with Gasteiger partial charge in [-0.3, -0.25) is 4.18 Å². The zero-order valence-corrected chi connectivity index (χ0v) is 18.9. The Balaban J connectivity index is 1.58. The highest BCUT2D eigenvalue weighted by Crippen LogP contribution is 2.41. The molecule has 2 aliphatic rings. The molecule has 1 saturated heterocycles. The van der Waals surface area contributed by atoms with Crippen LogP contribution in [0.4, 0.5) is 0 Å². The van der Waals surface area contributed by atoms with E-state index in [1.165, 1.54) is 12.1 Å². The Morgan fingerprint density at radius 3 is 2.09 bits per heavy atom. The second-order valence-corrected chi connectivity index (χ2v) is 10.2. The van der Waals surface area contributed by atoms with E-state index in [9.17, 15) is 18.6 Å². The van der Waals surface area contributed by atoms with Crippen molar-refractivity contribution in [3.63, 3.8) is 0 Å². The molecule has 6 atom stereocenters. The molecule has 174 valence electrons. The van der Waals surface area contributed by atoms with Crippen LogP contribution in [-0.2, 0) is 35.1 Å². The SMILES string of the molecule is Cc1ccc(S(=O)(=O)O[C@@H]2[C@@H](O)[C@H](O)[C@@H](OCc3ccccc3)[C@@H]3OC(C)(C)O[C@@H]32)cc1. The number of ether oxygens (including phenoxy) is 3. The summed E-state index contributed by atoms with van der Waals surface area (Å²) in [6, 6.07) is 15.5. The maximum atomic E-state index is 12.9. The minimum Gasteiger partial charge on any atom is -0.387 e. The second kappa shape index (κ2) is 8.83. The third-order valence-corrected chi connectivity index (χ3v) is 6.99. The number of hydrogen-bond donors (Lipinski definition) is 2. The summed E-state index contributed by atoms with van der Waals surface area (Å²) in [5.41, 5.74) is 1.77. The van der Waals surface area contributed by atoms with Gasteiger partial charge in [0.1, 0.15) is 36.6 Å². The molecule has 0 amide bonds. The molecule has 0 bridgehead atoms. The zero-order valence-electron chi connectivity index (χ0n) is 18.1. The average Bonchev–Trinajstić information content (AvgIpc) is 3.07. The van der Waals surface area contributed by atoms with E-state index in [2.05, 4.69) is 0 Å². The normalized spacial score (nSPS) is 31.9. The van der Waals surface area contributed by atoms with Crippen LogP contribution in [0.5, 0.6) is 0 Å². The highest BCUT2D eigenvalue weighted by molar-refractivity contribution is 7.86. The first-order valence-corrected chi connectivity index (χ1v) is 11.9. The minimum atomic E-state index is -4.23. The van der Waals surface area contributed by atoms with Gasteiger partial charge in [-0.05, 0) is 38.5 Å². The van der Waals surface area contributed by atoms with Crippen molar-refractivity contribution in [2.75, 3.05) is 0 Å². The molecule has 0 radical (unpaired) electrons. The highest BCUT2D eigenvalue weighted by atomic mass is 32.2. The first-order chi connectivity index (χ1) is 15.1. The largest absolute Gasteiger partial charge is 0.387 e. The van der Waals surface area contributed by atoms with E-state index in [1.54, 1.807) is 26.0 Å². The van der Waals surface area contributed by atoms with Gasteiger partial charge < -0.3 is 24.4 Å². The number of hydrogen-bond acceptors (Lipinski definition) is 8. The topological polar surface area (TPSA) is 112 Å². The Kier molecular flexibility index (Phi) is 6.43. The fourth-order valence-electron chi connectivity index (χ4n) is 4.08. The van der Waals surface area contributed by atoms with Crippen LogP contribution in [0.15, 0.2) is 59.5 Å². The van der Waals surface area contributed by atoms with Gasteiger partial charge >= 0.3 is 0 Å². The van der Waals surface area contributed by atoms with Gasteiger partial charge in [-0.1, -0.05) is 48.0 Å². The number of rotatable bonds is 6. The van der Waals surface area contributed by atoms with Crippen molar-refractivity contribution in [3.8, 4) is 0 Å². The van der Waals surface area contributed by atoms with E-state index in [0.29, 0.717) is 0 Å². The third-order valence-electron chi connectivity index (χ3n) is 5.67. The lowest BCUT2D eigenvalue weighted by atomic mass is 9.85. The van der Waals surface area contributed by atoms with Gasteiger partial charge in [0.25, 0.3) is 10.1 Å². The van der Waals surface area contributed by atoms with Crippen molar-refractivity contribution in [1.29, 1.82) is 0 Å². The maximum absolute atomic E-state index is 12.9. The third kappa shape index (κ3) is 4.74. The molecule has 1 heterocycles. The molecule has 1 aliphatic heterocycles. The monoisotopic (exact) mass is 464 g/mol. The van der Waals surface area contributed by atoms with Crippen LogP contribution < -0.4 is 0 Å². The van der Waals surface area contributed by atoms with Crippen molar-refractivity contribution in [2.45, 2.75) is 74.7 Å². The summed E-state index contributed by atoms with van der Waals surface area (Å²) in [6.45, 7) is 5.35. The summed E-state index contributed by atoms with van der Waals surface area (Å²) >= 11 is 0. The smallest absolute Gasteiger partial charge is 0.297 e. The number of aliphatic hydroxyl groups is 2. The van der Waals surface area contributed by atoms with Crippen LogP contribution in [0.2, 0.25) is 0 Å². The Labute approximate surface area is 187 Å². The van der Waals surface area contributed by atoms with Crippen molar-refractivity contribution in [1.82, 2.24) is 0 Å². The summed E-state index contributed by atoms with van der Waals surface area (Å²) in [5.74, 6) is -1.08. The van der Waals surface area contributed by atoms with Crippen LogP contribution in [0.1, 0.15) is 25.0 Å². The van der Waals surface area contributed by atoms with Crippen molar-refractivity contribution in [2.24, 2.45) is 0 Å². The van der Waals surface area contributed by atoms with Crippen molar-refractivity contribution in [3.05, 3.63) is 65.7 Å². The standard InChI is InChI=1S/C23H28O8S/c1-14-9-11-16(12-10-14)32(26,27)31-20-18(25)17(24)19(21-22(20)30-23(2,3)29-21)28-13-15-7-5-4-6-8-15/h4-12,17-22,24-25H,13H2,1-3H3/t17-,18-,19+,20+,21-,22+/m0/s1. The molecular formula is C23H28O8S. The molecule has 2 aromatic rings. The van der Waals surface area contributed by atoms with Crippen molar-refractivity contribution < 1.29 is 37.0 Å². The van der Waals surface area contributed by atoms with Crippen LogP contribution in [-0.4, -0.2) is 61.0 Å². The van der Waals surface area contributed by atoms with Crippen LogP contribution in [0, 0.1) is 6.92 Å². The van der Waals surface area contributed by atoms with Crippen LogP contribution >= 0.6 is 0 Å². The molecule has 4 rings (SSSR count). The van der Waals surface area contributed by atoms with E-state index in [1.807, 2.05) is 37.3 Å². The summed E-state index contributed by atoms with van der Waals surface area (Å²) < 4.78 is 48.9. The van der Waals surface area contributed by atoms with E-state index >= 15 is 0 Å². The van der Waals surface area contributed by atoms with Gasteiger partial charge in [0.05, 0.1) is 11.5 Å². The number of benzene rings is 2. The molecule has 0 unspecified atom stereocenters. The molecule has 2 N–H and O–H groups in total. The van der Waals surface area contributed by atoms with E-state index < -0.39 is 52.5 Å². The molecule has 2 fully saturated rings. The predicted molar refractivity (Wildman–Crippen MR) is 114 cm³/mol. The van der Waals surface area contributed by atoms with E-state index in [-0.39, 0.29) is 11.5 Å². The minimum absolute atomic E-state index is 0.0537. The summed E-state index contributed by atoms with van der Waals surface area (Å²) in [6.07, 6.45) is -7.15. The predicted octanol–water partition coefficient (Wildman–Crippen LogP) is 1.91. The molecule has 1 aliphatic carbocycles. The number of aryl methyl sites for hydroxylation is 1. The summed E-state index contributed by atoms with van der Waals surface area (Å²) in [7, 11) is -4.23. The molecular weight excluding hydrogens is 436 g/mol. The number of aliphatic hydroxyl groups excluding tert-OH is 2. The van der Waals surface area contributed by atoms with Crippen LogP contribution in [0.3, 0.4) is 0 Å². The van der Waals surface area contributed by atoms with E-state index in [0.717, 1.165) is 11.1 Å². The average molecular weight is 465 g/mol. The Morgan fingerprint density at radius 2 is 1.47 bits per heavy atom. The molecule has 9 heteroatoms. The Bertz CT molecular complexity index is 1020. The summed E-state index contributed by atoms with van der Waals surface area (Å²) in [4.78, 5) is -0.0537. The first-order valence-electron chi connectivity index (χ1n) is 10.4. The van der Waals surface area contributed by atoms with E-state index in [4.69, 9.17) is 18.4 Å². The summed E-state index contributed by atoms with van der Waals surface area (Å²) in [5, 5.41) is 21.6. The fourth-order valence-corrected chi connectivity index (χ4v) is 5.18. The van der Waals surface area contributed by atoms with Crippen molar-refractivity contribution >= 4 is 10.1 Å². The quantitative estimate of drug-likeness (QED) is 0.624. The van der Waals surface area contributed by atoms with Gasteiger partial charge in [0.15, 0.2) is 5.79 Å². The lowest BCUT2D eigenvalue weighted by Crippen LogP contribution is -2.64. The number of fused-ring (bicyclic) bond motifs is 1. The molecule has 2 aromatic carbocycles. The van der Waals surface area contributed by atoms with Gasteiger partial charge in [0, 0.05) is 0 Å². The lowest BCUT2D eigenvalue weighted by Gasteiger charge is -2.42. The Hall–Kier alpha value is -1.85. The van der Waals surface area contributed by atoms with Gasteiger partial charge in [-0.15, -0.1) is 0 Å². The van der Waals surface area contributed by atoms with Gasteiger partial charge in [-0.25, -0.2) is 0 Å². The molecule has 8 nitrogen and oxygen atoms in total. The highest BCUT2D eigenvalue weighted by Gasteiger charge is 2.60. The molecule has 0 aromatic heterocycles. The molecule has 0 spiro atoms. The molecule has 32 heavy (non-hydrogen) atoms.